The molecule has 35 heavy (non-hydrogen) atoms. The zero-order valence-corrected chi connectivity index (χ0v) is 21.4. The van der Waals surface area contributed by atoms with Crippen LogP contribution < -0.4 is 16.4 Å². The number of esters is 1. The van der Waals surface area contributed by atoms with Gasteiger partial charge in [0.15, 0.2) is 0 Å². The molecule has 1 aromatic rings. The molecule has 0 fully saturated rings. The van der Waals surface area contributed by atoms with Crippen LogP contribution in [0.4, 0.5) is 4.79 Å². The molecule has 0 aliphatic carbocycles. The van der Waals surface area contributed by atoms with Gasteiger partial charge in [-0.3, -0.25) is 19.2 Å². The Morgan fingerprint density at radius 2 is 1.74 bits per heavy atom. The average molecular weight is 493 g/mol. The number of carbonyl (C=O) groups excluding carboxylic acids is 5. The summed E-state index contributed by atoms with van der Waals surface area (Å²) in [6.07, 6.45) is -1.13. The maximum absolute atomic E-state index is 13.5. The minimum atomic E-state index is -1.19. The van der Waals surface area contributed by atoms with E-state index in [-0.39, 0.29) is 19.4 Å². The lowest BCUT2D eigenvalue weighted by Gasteiger charge is -2.32. The molecule has 11 nitrogen and oxygen atoms in total. The van der Waals surface area contributed by atoms with Gasteiger partial charge in [0.25, 0.3) is 0 Å². The van der Waals surface area contributed by atoms with Gasteiger partial charge in [-0.2, -0.15) is 0 Å². The van der Waals surface area contributed by atoms with E-state index in [9.17, 15) is 24.0 Å². The molecule has 1 rings (SSSR count). The van der Waals surface area contributed by atoms with Crippen molar-refractivity contribution in [1.82, 2.24) is 15.5 Å². The van der Waals surface area contributed by atoms with Crippen molar-refractivity contribution in [2.75, 3.05) is 20.7 Å². The third-order valence-electron chi connectivity index (χ3n) is 5.23. The highest BCUT2D eigenvalue weighted by Crippen LogP contribution is 2.26. The number of hydrogen-bond donors (Lipinski definition) is 3. The average Bonchev–Trinajstić information content (AvgIpc) is 2.75. The number of nitrogens with one attached hydrogen (secondary N) is 2. The largest absolute Gasteiger partial charge is 0.468 e. The Morgan fingerprint density at radius 1 is 1.11 bits per heavy atom. The summed E-state index contributed by atoms with van der Waals surface area (Å²) in [5.74, 6) is -2.57. The van der Waals surface area contributed by atoms with Crippen molar-refractivity contribution in [1.29, 1.82) is 0 Å². The lowest BCUT2D eigenvalue weighted by atomic mass is 9.95. The third kappa shape index (κ3) is 9.26. The minimum Gasteiger partial charge on any atom is -0.468 e. The lowest BCUT2D eigenvalue weighted by molar-refractivity contribution is -0.143. The fourth-order valence-corrected chi connectivity index (χ4v) is 3.29. The maximum atomic E-state index is 13.5. The van der Waals surface area contributed by atoms with Gasteiger partial charge in [0.2, 0.25) is 17.7 Å². The van der Waals surface area contributed by atoms with E-state index in [1.165, 1.54) is 14.2 Å². The first-order valence-electron chi connectivity index (χ1n) is 11.1. The molecule has 0 heterocycles. The van der Waals surface area contributed by atoms with Crippen molar-refractivity contribution in [3.63, 3.8) is 0 Å². The van der Waals surface area contributed by atoms with Crippen LogP contribution in [0.1, 0.15) is 56.3 Å². The predicted octanol–water partition coefficient (Wildman–Crippen LogP) is 1.25. The quantitative estimate of drug-likeness (QED) is 0.415. The Balaban J connectivity index is 3.34. The van der Waals surface area contributed by atoms with E-state index in [1.807, 2.05) is 19.9 Å². The number of nitrogens with zero attached hydrogens (tertiary/aromatic N) is 1. The zero-order valence-electron chi connectivity index (χ0n) is 21.4. The van der Waals surface area contributed by atoms with Crippen LogP contribution in [0.3, 0.4) is 0 Å². The number of nitrogens with two attached hydrogens (primary N) is 1. The first-order chi connectivity index (χ1) is 16.2. The first-order valence-corrected chi connectivity index (χ1v) is 11.1. The number of likely N-dealkylation sites (N-methyl/N-ethyl adjacent to an activating group) is 1. The molecule has 0 aromatic heterocycles. The first kappa shape index (κ1) is 29.4. The second-order valence-electron chi connectivity index (χ2n) is 9.14. The van der Waals surface area contributed by atoms with Crippen LogP contribution in [0.2, 0.25) is 0 Å². The molecule has 0 saturated heterocycles. The van der Waals surface area contributed by atoms with Crippen LogP contribution in [0.15, 0.2) is 18.2 Å². The molecule has 4 amide bonds. The number of alkyl carbamates (subject to hydrolysis) is 1. The van der Waals surface area contributed by atoms with Crippen molar-refractivity contribution >= 4 is 29.8 Å². The summed E-state index contributed by atoms with van der Waals surface area (Å²) in [5, 5.41) is 4.96. The summed E-state index contributed by atoms with van der Waals surface area (Å²) >= 11 is 0. The number of aryl methyl sites for hydroxylation is 1. The molecule has 0 saturated carbocycles. The van der Waals surface area contributed by atoms with Crippen LogP contribution in [-0.2, 0) is 28.7 Å². The summed E-state index contributed by atoms with van der Waals surface area (Å²) in [6, 6.07) is 2.99. The summed E-state index contributed by atoms with van der Waals surface area (Å²) in [5.41, 5.74) is 6.64. The van der Waals surface area contributed by atoms with E-state index >= 15 is 0 Å². The summed E-state index contributed by atoms with van der Waals surface area (Å²) in [4.78, 5) is 63.2. The standard InChI is InChI=1S/C24H36N4O7/c1-14-9-8-10-16(15(14)2)20(21(31)26-13-19(30)34-7)28(6)22(32)17(11-12-18(25)29)27-23(33)35-24(3,4)5/h8-10,17,20H,11-13H2,1-7H3,(H2,25,29)(H,26,31)(H,27,33). The number of benzene rings is 1. The van der Waals surface area contributed by atoms with Gasteiger partial charge < -0.3 is 30.7 Å². The summed E-state index contributed by atoms with van der Waals surface area (Å²) in [6.45, 7) is 8.29. The number of methoxy groups -OCH3 is 1. The Bertz CT molecular complexity index is 956. The smallest absolute Gasteiger partial charge is 0.408 e. The van der Waals surface area contributed by atoms with Crippen LogP contribution in [0.5, 0.6) is 0 Å². The van der Waals surface area contributed by atoms with E-state index in [0.29, 0.717) is 5.56 Å². The number of carbonyl (C=O) groups is 5. The predicted molar refractivity (Wildman–Crippen MR) is 128 cm³/mol. The van der Waals surface area contributed by atoms with Gasteiger partial charge in [-0.05, 0) is 57.7 Å². The van der Waals surface area contributed by atoms with E-state index in [2.05, 4.69) is 15.4 Å². The number of primary amides is 1. The molecule has 2 unspecified atom stereocenters. The number of amides is 4. The number of rotatable bonds is 10. The Kier molecular flexibility index (Phi) is 10.7. The van der Waals surface area contributed by atoms with Gasteiger partial charge in [-0.15, -0.1) is 0 Å². The van der Waals surface area contributed by atoms with Gasteiger partial charge >= 0.3 is 12.1 Å². The molecule has 0 bridgehead atoms. The van der Waals surface area contributed by atoms with Crippen molar-refractivity contribution in [3.8, 4) is 0 Å². The van der Waals surface area contributed by atoms with Crippen LogP contribution in [0, 0.1) is 13.8 Å². The van der Waals surface area contributed by atoms with Gasteiger partial charge in [-0.25, -0.2) is 4.79 Å². The molecule has 0 radical (unpaired) electrons. The molecule has 0 aliphatic heterocycles. The topological polar surface area (TPSA) is 157 Å². The van der Waals surface area contributed by atoms with Gasteiger partial charge in [-0.1, -0.05) is 18.2 Å². The van der Waals surface area contributed by atoms with Gasteiger partial charge in [0.05, 0.1) is 7.11 Å². The molecular weight excluding hydrogens is 456 g/mol. The van der Waals surface area contributed by atoms with Crippen LogP contribution in [-0.4, -0.2) is 67.0 Å². The van der Waals surface area contributed by atoms with E-state index in [0.717, 1.165) is 16.0 Å². The van der Waals surface area contributed by atoms with Crippen molar-refractivity contribution in [2.45, 2.75) is 65.1 Å². The summed E-state index contributed by atoms with van der Waals surface area (Å²) < 4.78 is 9.82. The van der Waals surface area contributed by atoms with Crippen molar-refractivity contribution in [3.05, 3.63) is 34.9 Å². The van der Waals surface area contributed by atoms with Crippen LogP contribution in [0.25, 0.3) is 0 Å². The van der Waals surface area contributed by atoms with Crippen molar-refractivity contribution < 1.29 is 33.4 Å². The monoisotopic (exact) mass is 492 g/mol. The van der Waals surface area contributed by atoms with E-state index in [1.54, 1.807) is 32.9 Å². The van der Waals surface area contributed by atoms with Crippen molar-refractivity contribution in [2.24, 2.45) is 5.73 Å². The molecule has 0 aliphatic rings. The fourth-order valence-electron chi connectivity index (χ4n) is 3.29. The Morgan fingerprint density at radius 3 is 2.29 bits per heavy atom. The zero-order chi connectivity index (χ0) is 26.9. The molecular formula is C24H36N4O7. The SMILES string of the molecule is COC(=O)CNC(=O)C(c1cccc(C)c1C)N(C)C(=O)C(CCC(N)=O)NC(=O)OC(C)(C)C. The normalized spacial score (nSPS) is 12.7. The molecule has 2 atom stereocenters. The highest BCUT2D eigenvalue weighted by Gasteiger charge is 2.35. The fraction of sp³-hybridized carbons (Fsp3) is 0.542. The van der Waals surface area contributed by atoms with Gasteiger partial charge in [0, 0.05) is 13.5 Å². The third-order valence-corrected chi connectivity index (χ3v) is 5.23. The Hall–Kier alpha value is -3.63. The van der Waals surface area contributed by atoms with Gasteiger partial charge in [0.1, 0.15) is 24.2 Å². The molecule has 4 N–H and O–H groups in total. The molecule has 0 spiro atoms. The van der Waals surface area contributed by atoms with Crippen LogP contribution >= 0.6 is 0 Å². The summed E-state index contributed by atoms with van der Waals surface area (Å²) in [7, 11) is 2.60. The van der Waals surface area contributed by atoms with E-state index in [4.69, 9.17) is 10.5 Å². The lowest BCUT2D eigenvalue weighted by Crippen LogP contribution is -2.52. The minimum absolute atomic E-state index is 0.0962. The number of ether oxygens (including phenoxy) is 2. The highest BCUT2D eigenvalue weighted by atomic mass is 16.6. The highest BCUT2D eigenvalue weighted by molar-refractivity contribution is 5.93. The second-order valence-corrected chi connectivity index (χ2v) is 9.14. The molecule has 1 aromatic carbocycles. The Labute approximate surface area is 205 Å². The molecule has 194 valence electrons. The maximum Gasteiger partial charge on any atom is 0.408 e. The second kappa shape index (κ2) is 12.7. The van der Waals surface area contributed by atoms with E-state index < -0.39 is 47.5 Å². The number of hydrogen-bond acceptors (Lipinski definition) is 7. The molecule has 11 heteroatoms.